The molecule has 0 aromatic heterocycles. The lowest BCUT2D eigenvalue weighted by molar-refractivity contribution is -0.0911. The van der Waals surface area contributed by atoms with Gasteiger partial charge < -0.3 is 9.84 Å². The Hall–Kier alpha value is -0.380. The zero-order chi connectivity index (χ0) is 14.6. The third-order valence-corrected chi connectivity index (χ3v) is 2.98. The fourth-order valence-electron chi connectivity index (χ4n) is 1.08. The van der Waals surface area contributed by atoms with Crippen molar-refractivity contribution in [2.24, 2.45) is 0 Å². The molecule has 0 amide bonds. The highest BCUT2D eigenvalue weighted by molar-refractivity contribution is 7.87. The molecule has 5 nitrogen and oxygen atoms in total. The Kier molecular flexibility index (Phi) is 6.55. The summed E-state index contributed by atoms with van der Waals surface area (Å²) < 4.78 is 66.3. The summed E-state index contributed by atoms with van der Waals surface area (Å²) in [7, 11) is -5.66. The first-order chi connectivity index (χ1) is 8.01. The monoisotopic (exact) mass is 294 g/mol. The molecule has 18 heavy (non-hydrogen) atoms. The molecule has 110 valence electrons. The molecule has 9 heteroatoms. The molecule has 0 aromatic carbocycles. The van der Waals surface area contributed by atoms with Crippen LogP contribution in [0.1, 0.15) is 27.2 Å². The molecular formula is C9H17F3O5S. The van der Waals surface area contributed by atoms with E-state index in [4.69, 9.17) is 4.74 Å². The number of halogens is 3. The zero-order valence-corrected chi connectivity index (χ0v) is 11.1. The second-order valence-electron chi connectivity index (χ2n) is 3.88. The van der Waals surface area contributed by atoms with Crippen molar-refractivity contribution in [2.45, 2.75) is 51.0 Å². The van der Waals surface area contributed by atoms with Gasteiger partial charge >= 0.3 is 15.6 Å². The van der Waals surface area contributed by atoms with Crippen molar-refractivity contribution in [3.8, 4) is 0 Å². The Balaban J connectivity index is 4.63. The van der Waals surface area contributed by atoms with Crippen LogP contribution in [0.3, 0.4) is 0 Å². The lowest BCUT2D eigenvalue weighted by Crippen LogP contribution is -2.37. The summed E-state index contributed by atoms with van der Waals surface area (Å²) in [6.07, 6.45) is -2.41. The van der Waals surface area contributed by atoms with Crippen LogP contribution in [0.25, 0.3) is 0 Å². The third kappa shape index (κ3) is 5.51. The quantitative estimate of drug-likeness (QED) is 0.568. The highest BCUT2D eigenvalue weighted by Crippen LogP contribution is 2.25. The molecule has 0 aliphatic carbocycles. The van der Waals surface area contributed by atoms with E-state index in [-0.39, 0.29) is 12.5 Å². The van der Waals surface area contributed by atoms with Gasteiger partial charge in [0.05, 0.1) is 18.8 Å². The Bertz CT molecular complexity index is 339. The molecule has 0 unspecified atom stereocenters. The summed E-state index contributed by atoms with van der Waals surface area (Å²) in [5.74, 6) is 0. The average Bonchev–Trinajstić information content (AvgIpc) is 2.21. The maximum absolute atomic E-state index is 12.0. The molecule has 2 atom stereocenters. The average molecular weight is 294 g/mol. The predicted molar refractivity (Wildman–Crippen MR) is 57.2 cm³/mol. The van der Waals surface area contributed by atoms with Crippen LogP contribution in [-0.4, -0.2) is 44.0 Å². The molecule has 0 radical (unpaired) electrons. The summed E-state index contributed by atoms with van der Waals surface area (Å²) in [6, 6.07) is 0. The van der Waals surface area contributed by atoms with E-state index in [1.54, 1.807) is 20.8 Å². The predicted octanol–water partition coefficient (Wildman–Crippen LogP) is 1.42. The van der Waals surface area contributed by atoms with E-state index in [9.17, 15) is 26.7 Å². The van der Waals surface area contributed by atoms with Crippen molar-refractivity contribution < 1.29 is 35.6 Å². The molecule has 1 N–H and O–H groups in total. The molecular weight excluding hydrogens is 277 g/mol. The van der Waals surface area contributed by atoms with Gasteiger partial charge in [-0.3, -0.25) is 4.18 Å². The van der Waals surface area contributed by atoms with Crippen LogP contribution in [0, 0.1) is 0 Å². The van der Waals surface area contributed by atoms with E-state index < -0.39 is 34.4 Å². The van der Waals surface area contributed by atoms with Gasteiger partial charge in [-0.15, -0.1) is 0 Å². The van der Waals surface area contributed by atoms with Gasteiger partial charge in [-0.25, -0.2) is 0 Å². The first-order valence-electron chi connectivity index (χ1n) is 5.30. The van der Waals surface area contributed by atoms with Crippen molar-refractivity contribution in [3.05, 3.63) is 0 Å². The second kappa shape index (κ2) is 6.69. The van der Waals surface area contributed by atoms with Crippen molar-refractivity contribution in [1.29, 1.82) is 0 Å². The van der Waals surface area contributed by atoms with Gasteiger partial charge in [-0.05, 0) is 20.3 Å². The minimum atomic E-state index is -5.66. The van der Waals surface area contributed by atoms with Gasteiger partial charge in [0, 0.05) is 0 Å². The van der Waals surface area contributed by atoms with Crippen LogP contribution >= 0.6 is 0 Å². The Labute approximate surface area is 104 Å². The highest BCUT2D eigenvalue weighted by Gasteiger charge is 2.47. The van der Waals surface area contributed by atoms with E-state index >= 15 is 0 Å². The van der Waals surface area contributed by atoms with Crippen LogP contribution in [0.15, 0.2) is 0 Å². The maximum Gasteiger partial charge on any atom is 0.523 e. The molecule has 0 aromatic rings. The lowest BCUT2D eigenvalue weighted by Gasteiger charge is -2.24. The van der Waals surface area contributed by atoms with Gasteiger partial charge in [0.15, 0.2) is 0 Å². The third-order valence-electron chi connectivity index (χ3n) is 1.97. The molecule has 0 saturated heterocycles. The van der Waals surface area contributed by atoms with Gasteiger partial charge in [0.25, 0.3) is 0 Å². The largest absolute Gasteiger partial charge is 0.523 e. The molecule has 0 fully saturated rings. The molecule has 0 spiro atoms. The molecule has 0 rings (SSSR count). The Morgan fingerprint density at radius 2 is 1.78 bits per heavy atom. The van der Waals surface area contributed by atoms with Gasteiger partial charge in [0.2, 0.25) is 0 Å². The number of alkyl halides is 3. The van der Waals surface area contributed by atoms with Crippen LogP contribution in [0.5, 0.6) is 0 Å². The molecule has 0 heterocycles. The highest BCUT2D eigenvalue weighted by atomic mass is 32.2. The van der Waals surface area contributed by atoms with E-state index in [1.165, 1.54) is 0 Å². The summed E-state index contributed by atoms with van der Waals surface area (Å²) in [4.78, 5) is 0. The number of aliphatic hydroxyl groups is 1. The standard InChI is InChI=1S/C9H17F3O5S/c1-4-7(13)8(17-6(2)3)5-16-18(14,15)9(10,11)12/h6-8,13H,4-5H2,1-3H3/t7-,8-/m0/s1. The van der Waals surface area contributed by atoms with E-state index in [1.807, 2.05) is 0 Å². The first-order valence-corrected chi connectivity index (χ1v) is 6.71. The van der Waals surface area contributed by atoms with E-state index in [0.717, 1.165) is 0 Å². The van der Waals surface area contributed by atoms with Crippen LogP contribution in [0.4, 0.5) is 13.2 Å². The zero-order valence-electron chi connectivity index (χ0n) is 10.3. The van der Waals surface area contributed by atoms with E-state index in [2.05, 4.69) is 4.18 Å². The van der Waals surface area contributed by atoms with Gasteiger partial charge in [-0.1, -0.05) is 6.92 Å². The summed E-state index contributed by atoms with van der Waals surface area (Å²) in [5.41, 5.74) is -5.48. The minimum Gasteiger partial charge on any atom is -0.390 e. The topological polar surface area (TPSA) is 72.8 Å². The van der Waals surface area contributed by atoms with Crippen LogP contribution in [-0.2, 0) is 19.0 Å². The normalized spacial score (nSPS) is 16.9. The van der Waals surface area contributed by atoms with Crippen molar-refractivity contribution in [1.82, 2.24) is 0 Å². The van der Waals surface area contributed by atoms with Crippen LogP contribution in [0.2, 0.25) is 0 Å². The maximum atomic E-state index is 12.0. The number of hydrogen-bond donors (Lipinski definition) is 1. The Morgan fingerprint density at radius 1 is 1.28 bits per heavy atom. The smallest absolute Gasteiger partial charge is 0.390 e. The fraction of sp³-hybridized carbons (Fsp3) is 1.00. The number of ether oxygens (including phenoxy) is 1. The number of hydrogen-bond acceptors (Lipinski definition) is 5. The van der Waals surface area contributed by atoms with Crippen molar-refractivity contribution in [2.75, 3.05) is 6.61 Å². The fourth-order valence-corrected chi connectivity index (χ4v) is 1.52. The van der Waals surface area contributed by atoms with Crippen molar-refractivity contribution in [3.63, 3.8) is 0 Å². The van der Waals surface area contributed by atoms with Gasteiger partial charge in [-0.2, -0.15) is 21.6 Å². The number of aliphatic hydroxyl groups excluding tert-OH is 1. The minimum absolute atomic E-state index is 0.201. The first kappa shape index (κ1) is 17.6. The summed E-state index contributed by atoms with van der Waals surface area (Å²) >= 11 is 0. The summed E-state index contributed by atoms with van der Waals surface area (Å²) in [6.45, 7) is 3.91. The van der Waals surface area contributed by atoms with Gasteiger partial charge in [0.1, 0.15) is 6.10 Å². The Morgan fingerprint density at radius 3 is 2.11 bits per heavy atom. The lowest BCUT2D eigenvalue weighted by atomic mass is 10.1. The summed E-state index contributed by atoms with van der Waals surface area (Å²) in [5, 5.41) is 9.49. The molecule has 0 aliphatic rings. The molecule has 0 aliphatic heterocycles. The van der Waals surface area contributed by atoms with Crippen molar-refractivity contribution >= 4 is 10.1 Å². The molecule has 0 bridgehead atoms. The SMILES string of the molecule is CC[C@H](O)[C@H](COS(=O)(=O)C(F)(F)F)OC(C)C. The molecule has 0 saturated carbocycles. The van der Waals surface area contributed by atoms with Crippen LogP contribution < -0.4 is 0 Å². The number of rotatable bonds is 7. The second-order valence-corrected chi connectivity index (χ2v) is 5.49. The van der Waals surface area contributed by atoms with E-state index in [0.29, 0.717) is 0 Å².